The van der Waals surface area contributed by atoms with Gasteiger partial charge in [0.05, 0.1) is 6.61 Å². The topological polar surface area (TPSA) is 18.5 Å². The maximum atomic E-state index is 13.5. The Bertz CT molecular complexity index is 603. The molecule has 1 rings (SSSR count). The molecule has 0 aliphatic rings. The van der Waals surface area contributed by atoms with Crippen molar-refractivity contribution in [3.63, 3.8) is 0 Å². The molecule has 0 bridgehead atoms. The molecule has 1 aromatic carbocycles. The summed E-state index contributed by atoms with van der Waals surface area (Å²) in [6.07, 6.45) is -5.09. The van der Waals surface area contributed by atoms with Crippen molar-refractivity contribution in [3.05, 3.63) is 23.8 Å². The van der Waals surface area contributed by atoms with Gasteiger partial charge in [-0.3, -0.25) is 0 Å². The molecule has 0 unspecified atom stereocenters. The van der Waals surface area contributed by atoms with E-state index in [1.807, 2.05) is 0 Å². The van der Waals surface area contributed by atoms with Crippen LogP contribution < -0.4 is 9.47 Å². The highest BCUT2D eigenvalue weighted by atomic mass is 19.4. The lowest BCUT2D eigenvalue weighted by molar-refractivity contribution is -0.342. The molecular formula is C13H10F10O2. The highest BCUT2D eigenvalue weighted by Gasteiger charge is 2.75. The molecule has 25 heavy (non-hydrogen) atoms. The molecule has 0 N–H and O–H groups in total. The van der Waals surface area contributed by atoms with Crippen LogP contribution in [0.3, 0.4) is 0 Å². The summed E-state index contributed by atoms with van der Waals surface area (Å²) >= 11 is 0. The first-order valence-corrected chi connectivity index (χ1v) is 6.44. The number of alkyl halides is 8. The summed E-state index contributed by atoms with van der Waals surface area (Å²) in [6.45, 7) is -1.29. The molecule has 0 radical (unpaired) electrons. The van der Waals surface area contributed by atoms with Crippen molar-refractivity contribution in [1.29, 1.82) is 0 Å². The second-order valence-corrected chi connectivity index (χ2v) is 4.61. The van der Waals surface area contributed by atoms with Crippen LogP contribution >= 0.6 is 0 Å². The highest BCUT2D eigenvalue weighted by Crippen LogP contribution is 2.48. The molecule has 144 valence electrons. The van der Waals surface area contributed by atoms with Crippen molar-refractivity contribution < 1.29 is 53.4 Å². The summed E-state index contributed by atoms with van der Waals surface area (Å²) in [5.41, 5.74) is 0. The fraction of sp³-hybridized carbons (Fsp3) is 0.538. The van der Waals surface area contributed by atoms with Crippen LogP contribution in [0.2, 0.25) is 0 Å². The van der Waals surface area contributed by atoms with Gasteiger partial charge in [-0.2, -0.15) is 35.1 Å². The van der Waals surface area contributed by atoms with Gasteiger partial charge in [0.25, 0.3) is 0 Å². The number of halogens is 10. The summed E-state index contributed by atoms with van der Waals surface area (Å²) in [5.74, 6) is -24.3. The standard InChI is InChI=1S/C13H10F10O2/c1-2-24-6-3-4-7(9(15)8(6)14)25-5-11(18,19)13(22,23)12(20,21)10(16)17/h3-4,10H,2,5H2,1H3. The van der Waals surface area contributed by atoms with Gasteiger partial charge in [-0.15, -0.1) is 0 Å². The van der Waals surface area contributed by atoms with E-state index in [0.29, 0.717) is 12.1 Å². The van der Waals surface area contributed by atoms with Crippen molar-refractivity contribution in [2.45, 2.75) is 31.1 Å². The maximum Gasteiger partial charge on any atom is 0.381 e. The Hall–Kier alpha value is -1.88. The van der Waals surface area contributed by atoms with Crippen LogP contribution in [0.25, 0.3) is 0 Å². The van der Waals surface area contributed by atoms with Crippen LogP contribution in [0.5, 0.6) is 11.5 Å². The van der Waals surface area contributed by atoms with E-state index in [0.717, 1.165) is 0 Å². The smallest absolute Gasteiger partial charge is 0.381 e. The summed E-state index contributed by atoms with van der Waals surface area (Å²) in [7, 11) is 0. The Morgan fingerprint density at radius 1 is 0.880 bits per heavy atom. The third kappa shape index (κ3) is 3.87. The Labute approximate surface area is 134 Å². The molecule has 0 aromatic heterocycles. The Morgan fingerprint density at radius 3 is 1.72 bits per heavy atom. The Morgan fingerprint density at radius 2 is 1.32 bits per heavy atom. The number of hydrogen-bond acceptors (Lipinski definition) is 2. The number of rotatable bonds is 8. The number of ether oxygens (including phenoxy) is 2. The van der Waals surface area contributed by atoms with Gasteiger partial charge in [0.2, 0.25) is 11.6 Å². The third-order valence-electron chi connectivity index (χ3n) is 2.87. The van der Waals surface area contributed by atoms with Gasteiger partial charge in [-0.25, -0.2) is 8.78 Å². The molecule has 2 nitrogen and oxygen atoms in total. The second kappa shape index (κ2) is 7.16. The summed E-state index contributed by atoms with van der Waals surface area (Å²) in [5, 5.41) is 0. The average molecular weight is 388 g/mol. The number of benzene rings is 1. The summed E-state index contributed by atoms with van der Waals surface area (Å²) in [6, 6.07) is 1.23. The predicted octanol–water partition coefficient (Wildman–Crippen LogP) is 4.91. The minimum Gasteiger partial charge on any atom is -0.491 e. The van der Waals surface area contributed by atoms with Crippen LogP contribution in [0.15, 0.2) is 12.1 Å². The summed E-state index contributed by atoms with van der Waals surface area (Å²) < 4.78 is 137. The lowest BCUT2D eigenvalue weighted by atomic mass is 10.1. The second-order valence-electron chi connectivity index (χ2n) is 4.61. The predicted molar refractivity (Wildman–Crippen MR) is 63.9 cm³/mol. The lowest BCUT2D eigenvalue weighted by Crippen LogP contribution is -2.59. The van der Waals surface area contributed by atoms with Gasteiger partial charge in [0, 0.05) is 0 Å². The van der Waals surface area contributed by atoms with Crippen molar-refractivity contribution in [1.82, 2.24) is 0 Å². The van der Waals surface area contributed by atoms with E-state index >= 15 is 0 Å². The fourth-order valence-corrected chi connectivity index (χ4v) is 1.53. The van der Waals surface area contributed by atoms with Gasteiger partial charge in [0.1, 0.15) is 0 Å². The van der Waals surface area contributed by atoms with E-state index in [9.17, 15) is 43.9 Å². The molecule has 0 spiro atoms. The quantitative estimate of drug-likeness (QED) is 0.589. The Kier molecular flexibility index (Phi) is 6.06. The van der Waals surface area contributed by atoms with Gasteiger partial charge in [0.15, 0.2) is 18.1 Å². The molecule has 1 aromatic rings. The minimum absolute atomic E-state index is 0.0937. The van der Waals surface area contributed by atoms with Gasteiger partial charge >= 0.3 is 24.2 Å². The zero-order valence-corrected chi connectivity index (χ0v) is 12.2. The van der Waals surface area contributed by atoms with Crippen LogP contribution in [0.1, 0.15) is 6.92 Å². The zero-order valence-electron chi connectivity index (χ0n) is 12.2. The van der Waals surface area contributed by atoms with Crippen LogP contribution in [0, 0.1) is 11.6 Å². The molecule has 0 heterocycles. The lowest BCUT2D eigenvalue weighted by Gasteiger charge is -2.32. The summed E-state index contributed by atoms with van der Waals surface area (Å²) in [4.78, 5) is 0. The first-order valence-electron chi connectivity index (χ1n) is 6.44. The van der Waals surface area contributed by atoms with E-state index < -0.39 is 53.9 Å². The van der Waals surface area contributed by atoms with E-state index in [-0.39, 0.29) is 6.61 Å². The van der Waals surface area contributed by atoms with E-state index in [1.54, 1.807) is 0 Å². The first kappa shape index (κ1) is 21.2. The SMILES string of the molecule is CCOc1ccc(OCC(F)(F)C(F)(F)C(F)(F)C(F)F)c(F)c1F. The number of hydrogen-bond donors (Lipinski definition) is 0. The monoisotopic (exact) mass is 388 g/mol. The molecule has 12 heteroatoms. The largest absolute Gasteiger partial charge is 0.491 e. The molecule has 0 aliphatic carbocycles. The zero-order chi connectivity index (χ0) is 19.6. The molecular weight excluding hydrogens is 378 g/mol. The van der Waals surface area contributed by atoms with Crippen molar-refractivity contribution in [3.8, 4) is 11.5 Å². The normalized spacial score (nSPS) is 13.3. The van der Waals surface area contributed by atoms with Crippen LogP contribution in [-0.4, -0.2) is 37.4 Å². The van der Waals surface area contributed by atoms with Crippen molar-refractivity contribution >= 4 is 0 Å². The van der Waals surface area contributed by atoms with Crippen LogP contribution in [-0.2, 0) is 0 Å². The van der Waals surface area contributed by atoms with Crippen molar-refractivity contribution in [2.24, 2.45) is 0 Å². The first-order chi connectivity index (χ1) is 11.3. The molecule has 0 amide bonds. The highest BCUT2D eigenvalue weighted by molar-refractivity contribution is 5.35. The molecule has 0 fully saturated rings. The van der Waals surface area contributed by atoms with Crippen LogP contribution in [0.4, 0.5) is 43.9 Å². The molecule has 0 saturated heterocycles. The van der Waals surface area contributed by atoms with E-state index in [2.05, 4.69) is 9.47 Å². The average Bonchev–Trinajstić information content (AvgIpc) is 2.50. The third-order valence-corrected chi connectivity index (χ3v) is 2.87. The molecule has 0 aliphatic heterocycles. The molecule has 0 saturated carbocycles. The van der Waals surface area contributed by atoms with Gasteiger partial charge < -0.3 is 9.47 Å². The van der Waals surface area contributed by atoms with Crippen molar-refractivity contribution in [2.75, 3.05) is 13.2 Å². The Balaban J connectivity index is 3.02. The van der Waals surface area contributed by atoms with E-state index in [4.69, 9.17) is 0 Å². The molecule has 0 atom stereocenters. The van der Waals surface area contributed by atoms with Gasteiger partial charge in [-0.05, 0) is 19.1 Å². The maximum absolute atomic E-state index is 13.5. The van der Waals surface area contributed by atoms with Gasteiger partial charge in [-0.1, -0.05) is 0 Å². The fourth-order valence-electron chi connectivity index (χ4n) is 1.53. The van der Waals surface area contributed by atoms with E-state index in [1.165, 1.54) is 6.92 Å². The minimum atomic E-state index is -6.51.